The van der Waals surface area contributed by atoms with Crippen LogP contribution in [0, 0.1) is 6.92 Å². The maximum Gasteiger partial charge on any atom is 0.407 e. The highest BCUT2D eigenvalue weighted by Gasteiger charge is 2.15. The first-order valence-corrected chi connectivity index (χ1v) is 5.83. The molecule has 0 unspecified atom stereocenters. The van der Waals surface area contributed by atoms with Gasteiger partial charge in [0.15, 0.2) is 0 Å². The number of nitrogen functional groups attached to an aromatic ring is 1. The summed E-state index contributed by atoms with van der Waals surface area (Å²) in [5, 5.41) is 2.65. The van der Waals surface area contributed by atoms with Gasteiger partial charge < -0.3 is 15.8 Å². The summed E-state index contributed by atoms with van der Waals surface area (Å²) >= 11 is 0. The molecule has 0 aromatic carbocycles. The van der Waals surface area contributed by atoms with Gasteiger partial charge >= 0.3 is 6.09 Å². The Morgan fingerprint density at radius 1 is 1.50 bits per heavy atom. The van der Waals surface area contributed by atoms with Crippen LogP contribution in [-0.2, 0) is 11.2 Å². The Bertz CT molecular complexity index is 427. The van der Waals surface area contributed by atoms with Crippen LogP contribution in [0.2, 0.25) is 0 Å². The Balaban J connectivity index is 2.38. The summed E-state index contributed by atoms with van der Waals surface area (Å²) in [4.78, 5) is 19.7. The first kappa shape index (κ1) is 14.2. The van der Waals surface area contributed by atoms with E-state index >= 15 is 0 Å². The van der Waals surface area contributed by atoms with Crippen LogP contribution in [0.25, 0.3) is 0 Å². The molecule has 1 aromatic heterocycles. The number of nitrogens with one attached hydrogen (secondary N) is 1. The lowest BCUT2D eigenvalue weighted by atomic mass is 10.2. The molecule has 6 nitrogen and oxygen atoms in total. The highest BCUT2D eigenvalue weighted by molar-refractivity contribution is 5.67. The van der Waals surface area contributed by atoms with E-state index in [1.54, 1.807) is 6.20 Å². The van der Waals surface area contributed by atoms with E-state index < -0.39 is 11.7 Å². The van der Waals surface area contributed by atoms with Gasteiger partial charge in [0.2, 0.25) is 0 Å². The highest BCUT2D eigenvalue weighted by Crippen LogP contribution is 2.07. The molecule has 6 heteroatoms. The lowest BCUT2D eigenvalue weighted by molar-refractivity contribution is 0.0528. The number of carbonyl (C=O) groups is 1. The van der Waals surface area contributed by atoms with E-state index in [1.165, 1.54) is 0 Å². The zero-order valence-corrected chi connectivity index (χ0v) is 11.3. The van der Waals surface area contributed by atoms with E-state index in [1.807, 2.05) is 27.7 Å². The first-order chi connectivity index (χ1) is 8.28. The Morgan fingerprint density at radius 2 is 2.17 bits per heavy atom. The monoisotopic (exact) mass is 252 g/mol. The smallest absolute Gasteiger partial charge is 0.407 e. The molecular formula is C12H20N4O2. The Hall–Kier alpha value is -1.85. The van der Waals surface area contributed by atoms with Crippen molar-refractivity contribution < 1.29 is 9.53 Å². The molecule has 100 valence electrons. The molecule has 0 bridgehead atoms. The summed E-state index contributed by atoms with van der Waals surface area (Å²) in [5.74, 6) is 0.651. The molecule has 0 fully saturated rings. The molecule has 3 N–H and O–H groups in total. The molecule has 0 aliphatic heterocycles. The van der Waals surface area contributed by atoms with Crippen LogP contribution in [0.1, 0.15) is 32.3 Å². The predicted octanol–water partition coefficient (Wildman–Crippen LogP) is 1.43. The number of hydrogen-bond acceptors (Lipinski definition) is 5. The van der Waals surface area contributed by atoms with Gasteiger partial charge in [-0.15, -0.1) is 0 Å². The largest absolute Gasteiger partial charge is 0.444 e. The summed E-state index contributed by atoms with van der Waals surface area (Å²) in [6.07, 6.45) is 1.68. The number of alkyl carbamates (subject to hydrolysis) is 1. The van der Waals surface area contributed by atoms with E-state index in [4.69, 9.17) is 10.5 Å². The van der Waals surface area contributed by atoms with Crippen LogP contribution in [0.3, 0.4) is 0 Å². The van der Waals surface area contributed by atoms with Gasteiger partial charge in [0.1, 0.15) is 11.4 Å². The van der Waals surface area contributed by atoms with Crippen LogP contribution in [-0.4, -0.2) is 28.2 Å². The van der Waals surface area contributed by atoms with Crippen molar-refractivity contribution >= 4 is 11.8 Å². The summed E-state index contributed by atoms with van der Waals surface area (Å²) in [6.45, 7) is 7.71. The van der Waals surface area contributed by atoms with Gasteiger partial charge in [-0.25, -0.2) is 14.8 Å². The van der Waals surface area contributed by atoms with Crippen LogP contribution < -0.4 is 11.1 Å². The normalized spacial score (nSPS) is 11.1. The highest BCUT2D eigenvalue weighted by atomic mass is 16.6. The number of hydrogen-bond donors (Lipinski definition) is 2. The quantitative estimate of drug-likeness (QED) is 0.849. The number of aryl methyl sites for hydroxylation is 1. The summed E-state index contributed by atoms with van der Waals surface area (Å²) in [7, 11) is 0. The molecule has 0 radical (unpaired) electrons. The second kappa shape index (κ2) is 5.66. The van der Waals surface area contributed by atoms with E-state index in [0.29, 0.717) is 24.5 Å². The maximum atomic E-state index is 11.4. The summed E-state index contributed by atoms with van der Waals surface area (Å²) in [6, 6.07) is 0. The third-order valence-electron chi connectivity index (χ3n) is 2.08. The molecule has 0 spiro atoms. The number of ether oxygens (including phenoxy) is 1. The van der Waals surface area contributed by atoms with Crippen molar-refractivity contribution in [3.8, 4) is 0 Å². The lowest BCUT2D eigenvalue weighted by Gasteiger charge is -2.19. The van der Waals surface area contributed by atoms with Crippen LogP contribution in [0.15, 0.2) is 6.20 Å². The summed E-state index contributed by atoms with van der Waals surface area (Å²) in [5.41, 5.74) is 6.45. The van der Waals surface area contributed by atoms with Gasteiger partial charge in [0.25, 0.3) is 0 Å². The molecule has 0 aliphatic rings. The molecule has 0 saturated carbocycles. The lowest BCUT2D eigenvalue weighted by Crippen LogP contribution is -2.33. The fourth-order valence-electron chi connectivity index (χ4n) is 1.24. The van der Waals surface area contributed by atoms with Crippen molar-refractivity contribution in [2.24, 2.45) is 0 Å². The Kier molecular flexibility index (Phi) is 4.47. The van der Waals surface area contributed by atoms with E-state index in [2.05, 4.69) is 15.3 Å². The second-order valence-corrected chi connectivity index (χ2v) is 5.01. The third-order valence-corrected chi connectivity index (χ3v) is 2.08. The molecule has 1 amide bonds. The minimum absolute atomic E-state index is 0.429. The van der Waals surface area contributed by atoms with Gasteiger partial charge in [-0.05, 0) is 27.7 Å². The summed E-state index contributed by atoms with van der Waals surface area (Å²) < 4.78 is 5.11. The maximum absolute atomic E-state index is 11.4. The number of rotatable bonds is 3. The fourth-order valence-corrected chi connectivity index (χ4v) is 1.24. The molecule has 0 saturated heterocycles. The molecular weight excluding hydrogens is 232 g/mol. The average molecular weight is 252 g/mol. The molecule has 18 heavy (non-hydrogen) atoms. The van der Waals surface area contributed by atoms with Gasteiger partial charge in [-0.1, -0.05) is 0 Å². The average Bonchev–Trinajstić information content (AvgIpc) is 2.20. The van der Waals surface area contributed by atoms with Crippen LogP contribution in [0.5, 0.6) is 0 Å². The number of nitrogens with zero attached hydrogens (tertiary/aromatic N) is 2. The third kappa shape index (κ3) is 4.99. The topological polar surface area (TPSA) is 90.1 Å². The van der Waals surface area contributed by atoms with E-state index in [0.717, 1.165) is 5.69 Å². The van der Waals surface area contributed by atoms with Crippen molar-refractivity contribution in [2.75, 3.05) is 12.3 Å². The molecule has 0 aliphatic carbocycles. The van der Waals surface area contributed by atoms with Gasteiger partial charge in [-0.3, -0.25) is 0 Å². The first-order valence-electron chi connectivity index (χ1n) is 5.83. The molecule has 0 atom stereocenters. The fraction of sp³-hybridized carbons (Fsp3) is 0.583. The van der Waals surface area contributed by atoms with Gasteiger partial charge in [0, 0.05) is 13.0 Å². The number of carbonyl (C=O) groups excluding carboxylic acids is 1. The predicted molar refractivity (Wildman–Crippen MR) is 69.1 cm³/mol. The Morgan fingerprint density at radius 3 is 2.72 bits per heavy atom. The number of anilines is 1. The van der Waals surface area contributed by atoms with Gasteiger partial charge in [-0.2, -0.15) is 0 Å². The van der Waals surface area contributed by atoms with E-state index in [-0.39, 0.29) is 0 Å². The standard InChI is InChI=1S/C12H20N4O2/c1-8-9(13)7-15-10(16-8)5-6-14-11(17)18-12(2,3)4/h7H,5-6,13H2,1-4H3,(H,14,17). The van der Waals surface area contributed by atoms with Crippen molar-refractivity contribution in [1.82, 2.24) is 15.3 Å². The Labute approximate surface area is 107 Å². The van der Waals surface area contributed by atoms with Gasteiger partial charge in [0.05, 0.1) is 17.6 Å². The minimum Gasteiger partial charge on any atom is -0.444 e. The zero-order chi connectivity index (χ0) is 13.8. The molecule has 1 aromatic rings. The number of aromatic nitrogens is 2. The van der Waals surface area contributed by atoms with Crippen molar-refractivity contribution in [3.05, 3.63) is 17.7 Å². The van der Waals surface area contributed by atoms with Crippen LogP contribution in [0.4, 0.5) is 10.5 Å². The van der Waals surface area contributed by atoms with Crippen LogP contribution >= 0.6 is 0 Å². The SMILES string of the molecule is Cc1nc(CCNC(=O)OC(C)(C)C)ncc1N. The molecule has 1 rings (SSSR count). The zero-order valence-electron chi connectivity index (χ0n) is 11.3. The minimum atomic E-state index is -0.488. The van der Waals surface area contributed by atoms with Crippen molar-refractivity contribution in [1.29, 1.82) is 0 Å². The molecule has 1 heterocycles. The number of nitrogens with two attached hydrogens (primary N) is 1. The van der Waals surface area contributed by atoms with Crippen molar-refractivity contribution in [3.63, 3.8) is 0 Å². The van der Waals surface area contributed by atoms with Crippen molar-refractivity contribution in [2.45, 2.75) is 39.7 Å². The second-order valence-electron chi connectivity index (χ2n) is 5.01. The number of amides is 1. The van der Waals surface area contributed by atoms with E-state index in [9.17, 15) is 4.79 Å².